The Balaban J connectivity index is 1.51. The molecule has 1 amide bonds. The van der Waals surface area contributed by atoms with E-state index in [1.165, 1.54) is 29.6 Å². The number of aromatic amines is 1. The maximum atomic E-state index is 12.4. The molecule has 0 unspecified atom stereocenters. The highest BCUT2D eigenvalue weighted by atomic mass is 32.2. The molecule has 4 aromatic rings. The second-order valence-electron chi connectivity index (χ2n) is 6.75. The third kappa shape index (κ3) is 5.65. The number of aromatic nitrogens is 5. The quantitative estimate of drug-likeness (QED) is 0.303. The lowest BCUT2D eigenvalue weighted by molar-refractivity contribution is -0.113. The first-order valence-corrected chi connectivity index (χ1v) is 11.7. The van der Waals surface area contributed by atoms with E-state index < -0.39 is 0 Å². The maximum Gasteiger partial charge on any atom is 0.251 e. The first-order chi connectivity index (χ1) is 15.6. The number of aryl methyl sites for hydroxylation is 1. The number of H-pyrrole nitrogens is 1. The zero-order valence-corrected chi connectivity index (χ0v) is 18.8. The standard InChI is InChI=1S/C22H20N6O2S2/c1-15-12-19(29)25-21(23-15)31-13-18-26-27-22(28(18)17-10-6-3-7-11-17)32-14-20(30)24-16-8-4-2-5-9-16/h2-12H,13-14H2,1H3,(H,24,30)(H,23,25,29). The summed E-state index contributed by atoms with van der Waals surface area (Å²) in [5.41, 5.74) is 2.11. The number of carbonyl (C=O) groups is 1. The summed E-state index contributed by atoms with van der Waals surface area (Å²) in [7, 11) is 0. The predicted octanol–water partition coefficient (Wildman–Crippen LogP) is 3.68. The minimum Gasteiger partial charge on any atom is -0.325 e. The number of hydrogen-bond donors (Lipinski definition) is 2. The summed E-state index contributed by atoms with van der Waals surface area (Å²) >= 11 is 2.68. The van der Waals surface area contributed by atoms with Crippen molar-refractivity contribution in [2.75, 3.05) is 11.1 Å². The van der Waals surface area contributed by atoms with E-state index in [1.807, 2.05) is 65.2 Å². The Morgan fingerprint density at radius 1 is 1.03 bits per heavy atom. The van der Waals surface area contributed by atoms with Crippen LogP contribution in [-0.4, -0.2) is 36.4 Å². The van der Waals surface area contributed by atoms with Crippen molar-refractivity contribution in [2.24, 2.45) is 0 Å². The van der Waals surface area contributed by atoms with Crippen LogP contribution in [0.15, 0.2) is 81.8 Å². The molecule has 2 heterocycles. The molecule has 4 rings (SSSR count). The van der Waals surface area contributed by atoms with Crippen LogP contribution in [0.5, 0.6) is 0 Å². The van der Waals surface area contributed by atoms with Crippen molar-refractivity contribution < 1.29 is 4.79 Å². The first-order valence-electron chi connectivity index (χ1n) is 9.76. The normalized spacial score (nSPS) is 10.8. The number of para-hydroxylation sites is 2. The number of nitrogens with one attached hydrogen (secondary N) is 2. The van der Waals surface area contributed by atoms with E-state index in [9.17, 15) is 9.59 Å². The summed E-state index contributed by atoms with van der Waals surface area (Å²) in [6, 6.07) is 20.5. The molecule has 162 valence electrons. The Morgan fingerprint density at radius 3 is 2.47 bits per heavy atom. The second kappa shape index (κ2) is 10.3. The molecular formula is C22H20N6O2S2. The molecule has 0 spiro atoms. The fourth-order valence-corrected chi connectivity index (χ4v) is 4.53. The molecule has 2 N–H and O–H groups in total. The van der Waals surface area contributed by atoms with Gasteiger partial charge < -0.3 is 10.3 Å². The summed E-state index contributed by atoms with van der Waals surface area (Å²) in [5.74, 6) is 1.21. The number of thioether (sulfide) groups is 2. The van der Waals surface area contributed by atoms with E-state index in [2.05, 4.69) is 25.5 Å². The summed E-state index contributed by atoms with van der Waals surface area (Å²) in [6.45, 7) is 1.78. The Kier molecular flexibility index (Phi) is 7.03. The first kappa shape index (κ1) is 21.8. The SMILES string of the molecule is Cc1cc(=O)[nH]c(SCc2nnc(SCC(=O)Nc3ccccc3)n2-c2ccccc2)n1. The minimum atomic E-state index is -0.190. The highest BCUT2D eigenvalue weighted by Crippen LogP contribution is 2.26. The zero-order chi connectivity index (χ0) is 22.3. The van der Waals surface area contributed by atoms with Gasteiger partial charge in [0.15, 0.2) is 10.3 Å². The predicted molar refractivity (Wildman–Crippen MR) is 126 cm³/mol. The smallest absolute Gasteiger partial charge is 0.251 e. The van der Waals surface area contributed by atoms with Crippen molar-refractivity contribution in [3.63, 3.8) is 0 Å². The van der Waals surface area contributed by atoms with Crippen molar-refractivity contribution in [2.45, 2.75) is 23.0 Å². The molecule has 0 bridgehead atoms. The molecule has 8 nitrogen and oxygen atoms in total. The lowest BCUT2D eigenvalue weighted by atomic mass is 10.3. The van der Waals surface area contributed by atoms with Gasteiger partial charge in [0.25, 0.3) is 5.56 Å². The minimum absolute atomic E-state index is 0.124. The van der Waals surface area contributed by atoms with E-state index in [4.69, 9.17) is 0 Å². The number of nitrogens with zero attached hydrogens (tertiary/aromatic N) is 4. The van der Waals surface area contributed by atoms with Crippen LogP contribution >= 0.6 is 23.5 Å². The summed E-state index contributed by atoms with van der Waals surface area (Å²) in [4.78, 5) is 31.2. The molecule has 2 aromatic heterocycles. The molecule has 32 heavy (non-hydrogen) atoms. The van der Waals surface area contributed by atoms with Gasteiger partial charge in [0.1, 0.15) is 5.82 Å². The monoisotopic (exact) mass is 464 g/mol. The maximum absolute atomic E-state index is 12.4. The van der Waals surface area contributed by atoms with Gasteiger partial charge in [-0.3, -0.25) is 14.2 Å². The number of anilines is 1. The van der Waals surface area contributed by atoms with Crippen molar-refractivity contribution in [1.29, 1.82) is 0 Å². The van der Waals surface area contributed by atoms with Crippen LogP contribution in [0.25, 0.3) is 5.69 Å². The topological polar surface area (TPSA) is 106 Å². The van der Waals surface area contributed by atoms with Crippen LogP contribution in [-0.2, 0) is 10.5 Å². The van der Waals surface area contributed by atoms with Gasteiger partial charge >= 0.3 is 0 Å². The molecule has 0 aliphatic carbocycles. The molecule has 0 atom stereocenters. The van der Waals surface area contributed by atoms with E-state index in [-0.39, 0.29) is 17.2 Å². The van der Waals surface area contributed by atoms with Crippen molar-refractivity contribution in [3.8, 4) is 5.69 Å². The Bertz CT molecular complexity index is 1260. The molecule has 0 aliphatic rings. The van der Waals surface area contributed by atoms with Crippen LogP contribution in [0.4, 0.5) is 5.69 Å². The second-order valence-corrected chi connectivity index (χ2v) is 8.66. The van der Waals surface area contributed by atoms with E-state index >= 15 is 0 Å². The highest BCUT2D eigenvalue weighted by Gasteiger charge is 2.16. The van der Waals surface area contributed by atoms with Gasteiger partial charge in [0.2, 0.25) is 5.91 Å². The third-order valence-electron chi connectivity index (χ3n) is 4.29. The molecular weight excluding hydrogens is 444 g/mol. The average molecular weight is 465 g/mol. The number of amides is 1. The molecule has 0 saturated carbocycles. The number of benzene rings is 2. The molecule has 0 fully saturated rings. The Morgan fingerprint density at radius 2 is 1.75 bits per heavy atom. The van der Waals surface area contributed by atoms with Gasteiger partial charge in [0, 0.05) is 23.1 Å². The van der Waals surface area contributed by atoms with Crippen LogP contribution in [0, 0.1) is 6.92 Å². The van der Waals surface area contributed by atoms with Crippen LogP contribution in [0.2, 0.25) is 0 Å². The van der Waals surface area contributed by atoms with E-state index in [0.717, 1.165) is 11.4 Å². The molecule has 0 saturated heterocycles. The Hall–Kier alpha value is -3.37. The van der Waals surface area contributed by atoms with Crippen LogP contribution < -0.4 is 10.9 Å². The molecule has 0 aliphatic heterocycles. The van der Waals surface area contributed by atoms with Gasteiger partial charge in [0.05, 0.1) is 11.5 Å². The third-order valence-corrected chi connectivity index (χ3v) is 6.09. The van der Waals surface area contributed by atoms with Crippen LogP contribution in [0.1, 0.15) is 11.5 Å². The summed E-state index contributed by atoms with van der Waals surface area (Å²) < 4.78 is 1.92. The van der Waals surface area contributed by atoms with E-state index in [1.54, 1.807) is 6.92 Å². The number of hydrogen-bond acceptors (Lipinski definition) is 7. The highest BCUT2D eigenvalue weighted by molar-refractivity contribution is 7.99. The van der Waals surface area contributed by atoms with Gasteiger partial charge in [-0.1, -0.05) is 59.9 Å². The van der Waals surface area contributed by atoms with Crippen LogP contribution in [0.3, 0.4) is 0 Å². The zero-order valence-electron chi connectivity index (χ0n) is 17.2. The van der Waals surface area contributed by atoms with Crippen molar-refractivity contribution in [3.05, 3.63) is 88.6 Å². The van der Waals surface area contributed by atoms with Crippen molar-refractivity contribution in [1.82, 2.24) is 24.7 Å². The summed E-state index contributed by atoms with van der Waals surface area (Å²) in [5, 5.41) is 12.6. The number of carbonyl (C=O) groups excluding carboxylic acids is 1. The Labute approximate surface area is 192 Å². The van der Waals surface area contributed by atoms with Gasteiger partial charge in [-0.25, -0.2) is 4.98 Å². The van der Waals surface area contributed by atoms with Gasteiger partial charge in [-0.2, -0.15) is 0 Å². The summed E-state index contributed by atoms with van der Waals surface area (Å²) in [6.07, 6.45) is 0. The van der Waals surface area contributed by atoms with Crippen molar-refractivity contribution >= 4 is 35.1 Å². The average Bonchev–Trinajstić information content (AvgIpc) is 3.20. The largest absolute Gasteiger partial charge is 0.325 e. The molecule has 0 radical (unpaired) electrons. The molecule has 2 aromatic carbocycles. The number of rotatable bonds is 8. The van der Waals surface area contributed by atoms with E-state index in [0.29, 0.717) is 27.6 Å². The van der Waals surface area contributed by atoms with Gasteiger partial charge in [-0.05, 0) is 31.2 Å². The molecule has 10 heteroatoms. The lowest BCUT2D eigenvalue weighted by Gasteiger charge is -2.10. The fraction of sp³-hybridized carbons (Fsp3) is 0.136. The fourth-order valence-electron chi connectivity index (χ4n) is 2.93. The lowest BCUT2D eigenvalue weighted by Crippen LogP contribution is -2.14. The van der Waals surface area contributed by atoms with Gasteiger partial charge in [-0.15, -0.1) is 10.2 Å².